The van der Waals surface area contributed by atoms with Crippen molar-refractivity contribution in [3.63, 3.8) is 0 Å². The molecule has 2 aliphatic rings. The Kier molecular flexibility index (Phi) is 3.97. The average Bonchev–Trinajstić information content (AvgIpc) is 3.26. The molecular formula is C17H23N5O2. The van der Waals surface area contributed by atoms with Gasteiger partial charge in [-0.25, -0.2) is 0 Å². The van der Waals surface area contributed by atoms with Crippen LogP contribution in [0.1, 0.15) is 41.9 Å². The van der Waals surface area contributed by atoms with Gasteiger partial charge in [0.25, 0.3) is 0 Å². The number of pyridine rings is 1. The van der Waals surface area contributed by atoms with Crippen molar-refractivity contribution in [3.05, 3.63) is 35.2 Å². The van der Waals surface area contributed by atoms with Gasteiger partial charge < -0.3 is 14.4 Å². The molecule has 1 N–H and O–H groups in total. The maximum absolute atomic E-state index is 10.1. The molecule has 1 saturated heterocycles. The van der Waals surface area contributed by atoms with Crippen molar-refractivity contribution >= 4 is 0 Å². The molecule has 0 aliphatic carbocycles. The normalized spacial score (nSPS) is 23.8. The highest BCUT2D eigenvalue weighted by atomic mass is 16.5. The minimum atomic E-state index is 0.149. The lowest BCUT2D eigenvalue weighted by Gasteiger charge is -2.23. The molecule has 2 atom stereocenters. The third-order valence-electron chi connectivity index (χ3n) is 5.08. The minimum Gasteiger partial charge on any atom is -0.506 e. The van der Waals surface area contributed by atoms with Gasteiger partial charge in [-0.05, 0) is 31.9 Å². The van der Waals surface area contributed by atoms with Gasteiger partial charge in [0, 0.05) is 38.9 Å². The Bertz CT molecular complexity index is 745. The molecule has 1 fully saturated rings. The molecule has 0 saturated carbocycles. The van der Waals surface area contributed by atoms with E-state index >= 15 is 0 Å². The molecule has 0 radical (unpaired) electrons. The first-order valence-corrected chi connectivity index (χ1v) is 8.50. The summed E-state index contributed by atoms with van der Waals surface area (Å²) in [4.78, 5) is 6.80. The monoisotopic (exact) mass is 329 g/mol. The van der Waals surface area contributed by atoms with E-state index < -0.39 is 0 Å². The fourth-order valence-corrected chi connectivity index (χ4v) is 3.81. The van der Waals surface area contributed by atoms with Gasteiger partial charge in [0.2, 0.25) is 0 Å². The van der Waals surface area contributed by atoms with Crippen LogP contribution in [0.15, 0.2) is 12.1 Å². The van der Waals surface area contributed by atoms with Crippen molar-refractivity contribution in [1.82, 2.24) is 24.6 Å². The molecular weight excluding hydrogens is 306 g/mol. The Hall–Kier alpha value is -1.99. The molecule has 0 amide bonds. The van der Waals surface area contributed by atoms with Crippen molar-refractivity contribution in [1.29, 1.82) is 0 Å². The maximum atomic E-state index is 10.1. The van der Waals surface area contributed by atoms with Crippen molar-refractivity contribution in [3.8, 4) is 5.75 Å². The topological polar surface area (TPSA) is 76.3 Å². The molecule has 2 aromatic rings. The number of rotatable bonds is 4. The maximum Gasteiger partial charge on any atom is 0.150 e. The molecule has 24 heavy (non-hydrogen) atoms. The number of nitrogens with zero attached hydrogens (tertiary/aromatic N) is 5. The molecule has 7 heteroatoms. The number of aromatic nitrogens is 4. The van der Waals surface area contributed by atoms with Crippen molar-refractivity contribution in [2.75, 3.05) is 13.7 Å². The van der Waals surface area contributed by atoms with Crippen molar-refractivity contribution in [2.45, 2.75) is 51.4 Å². The molecule has 0 unspecified atom stereocenters. The number of hydrogen-bond donors (Lipinski definition) is 1. The molecule has 4 rings (SSSR count). The number of aromatic hydroxyl groups is 1. The summed E-state index contributed by atoms with van der Waals surface area (Å²) in [7, 11) is 1.75. The fourth-order valence-electron chi connectivity index (χ4n) is 3.81. The van der Waals surface area contributed by atoms with Crippen molar-refractivity contribution in [2.24, 2.45) is 0 Å². The van der Waals surface area contributed by atoms with E-state index in [2.05, 4.69) is 24.6 Å². The lowest BCUT2D eigenvalue weighted by atomic mass is 10.1. The third-order valence-corrected chi connectivity index (χ3v) is 5.08. The van der Waals surface area contributed by atoms with E-state index in [4.69, 9.17) is 4.74 Å². The highest BCUT2D eigenvalue weighted by Crippen LogP contribution is 2.35. The Labute approximate surface area is 141 Å². The number of likely N-dealkylation sites (tertiary alicyclic amines) is 1. The quantitative estimate of drug-likeness (QED) is 0.918. The fraction of sp³-hybridized carbons (Fsp3) is 0.588. The lowest BCUT2D eigenvalue weighted by molar-refractivity contribution is 0.107. The van der Waals surface area contributed by atoms with Gasteiger partial charge in [0.05, 0.1) is 17.8 Å². The predicted octanol–water partition coefficient (Wildman–Crippen LogP) is 1.60. The predicted molar refractivity (Wildman–Crippen MR) is 87.5 cm³/mol. The van der Waals surface area contributed by atoms with Crippen LogP contribution in [-0.2, 0) is 24.2 Å². The molecule has 0 spiro atoms. The lowest BCUT2D eigenvalue weighted by Crippen LogP contribution is -2.27. The average molecular weight is 329 g/mol. The molecule has 2 aliphatic heterocycles. The van der Waals surface area contributed by atoms with Crippen LogP contribution >= 0.6 is 0 Å². The molecule has 2 aromatic heterocycles. The summed E-state index contributed by atoms with van der Waals surface area (Å²) in [5.41, 5.74) is 1.61. The van der Waals surface area contributed by atoms with E-state index in [-0.39, 0.29) is 17.9 Å². The van der Waals surface area contributed by atoms with Crippen molar-refractivity contribution < 1.29 is 9.84 Å². The summed E-state index contributed by atoms with van der Waals surface area (Å²) < 4.78 is 7.85. The van der Waals surface area contributed by atoms with Crippen LogP contribution in [0.25, 0.3) is 0 Å². The largest absolute Gasteiger partial charge is 0.506 e. The smallest absolute Gasteiger partial charge is 0.150 e. The third kappa shape index (κ3) is 2.67. The molecule has 0 bridgehead atoms. The van der Waals surface area contributed by atoms with E-state index in [0.717, 1.165) is 49.7 Å². The Balaban J connectivity index is 1.63. The van der Waals surface area contributed by atoms with Crippen LogP contribution in [0.5, 0.6) is 5.75 Å². The summed E-state index contributed by atoms with van der Waals surface area (Å²) in [6, 6.07) is 3.69. The second kappa shape index (κ2) is 6.14. The summed E-state index contributed by atoms with van der Waals surface area (Å²) in [5.74, 6) is 2.35. The highest BCUT2D eigenvalue weighted by Gasteiger charge is 2.37. The second-order valence-electron chi connectivity index (χ2n) is 6.69. The van der Waals surface area contributed by atoms with Gasteiger partial charge in [-0.15, -0.1) is 10.2 Å². The zero-order valence-corrected chi connectivity index (χ0v) is 14.1. The highest BCUT2D eigenvalue weighted by molar-refractivity contribution is 5.28. The van der Waals surface area contributed by atoms with Gasteiger partial charge >= 0.3 is 0 Å². The first-order valence-electron chi connectivity index (χ1n) is 8.50. The molecule has 7 nitrogen and oxygen atoms in total. The zero-order chi connectivity index (χ0) is 16.7. The van der Waals surface area contributed by atoms with Crippen LogP contribution in [0.2, 0.25) is 0 Å². The first-order chi connectivity index (χ1) is 11.7. The first kappa shape index (κ1) is 15.5. The Morgan fingerprint density at radius 3 is 3.04 bits per heavy atom. The van der Waals surface area contributed by atoms with Crippen LogP contribution in [0.4, 0.5) is 0 Å². The number of methoxy groups -OCH3 is 1. The summed E-state index contributed by atoms with van der Waals surface area (Å²) in [5, 5.41) is 18.9. The summed E-state index contributed by atoms with van der Waals surface area (Å²) in [6.45, 7) is 4.32. The van der Waals surface area contributed by atoms with E-state index in [1.807, 2.05) is 13.0 Å². The van der Waals surface area contributed by atoms with Crippen LogP contribution in [-0.4, -0.2) is 49.5 Å². The number of aryl methyl sites for hydroxylation is 2. The molecule has 4 heterocycles. The van der Waals surface area contributed by atoms with Crippen LogP contribution in [0, 0.1) is 6.92 Å². The van der Waals surface area contributed by atoms with Gasteiger partial charge in [-0.1, -0.05) is 0 Å². The standard InChI is InChI=1S/C17H23N5O2/c1-11-5-6-15(23)13(18-11)10-21-9-12(24-2)8-14(21)17-20-19-16-4-3-7-22(16)17/h5-6,12,14,23H,3-4,7-10H2,1-2H3/t12-,14+/m1/s1. The SMILES string of the molecule is CO[C@@H]1C[C@@H](c2nnc3n2CCC3)N(Cc2nc(C)ccc2O)C1. The number of ether oxygens (including phenoxy) is 1. The van der Waals surface area contributed by atoms with Crippen LogP contribution < -0.4 is 0 Å². The summed E-state index contributed by atoms with van der Waals surface area (Å²) in [6.07, 6.45) is 3.20. The Morgan fingerprint density at radius 1 is 1.33 bits per heavy atom. The molecule has 128 valence electrons. The second-order valence-corrected chi connectivity index (χ2v) is 6.69. The minimum absolute atomic E-state index is 0.149. The van der Waals surface area contributed by atoms with Crippen LogP contribution in [0.3, 0.4) is 0 Å². The Morgan fingerprint density at radius 2 is 2.21 bits per heavy atom. The zero-order valence-electron chi connectivity index (χ0n) is 14.1. The van der Waals surface area contributed by atoms with Gasteiger partial charge in [0.1, 0.15) is 11.6 Å². The van der Waals surface area contributed by atoms with E-state index in [0.29, 0.717) is 12.2 Å². The van der Waals surface area contributed by atoms with Gasteiger partial charge in [-0.2, -0.15) is 0 Å². The van der Waals surface area contributed by atoms with Gasteiger partial charge in [0.15, 0.2) is 5.82 Å². The number of fused-ring (bicyclic) bond motifs is 1. The molecule has 0 aromatic carbocycles. The van der Waals surface area contributed by atoms with Gasteiger partial charge in [-0.3, -0.25) is 9.88 Å². The summed E-state index contributed by atoms with van der Waals surface area (Å²) >= 11 is 0. The number of hydrogen-bond acceptors (Lipinski definition) is 6. The van der Waals surface area contributed by atoms with E-state index in [9.17, 15) is 5.11 Å². The van der Waals surface area contributed by atoms with E-state index in [1.54, 1.807) is 13.2 Å². The van der Waals surface area contributed by atoms with E-state index in [1.165, 1.54) is 0 Å².